The van der Waals surface area contributed by atoms with Gasteiger partial charge in [0.2, 0.25) is 0 Å². The summed E-state index contributed by atoms with van der Waals surface area (Å²) in [5.74, 6) is 0.0519. The third kappa shape index (κ3) is 5.92. The summed E-state index contributed by atoms with van der Waals surface area (Å²) < 4.78 is 0. The van der Waals surface area contributed by atoms with Gasteiger partial charge in [-0.15, -0.1) is 0 Å². The Morgan fingerprint density at radius 2 is 1.64 bits per heavy atom. The van der Waals surface area contributed by atoms with Crippen LogP contribution < -0.4 is 16.0 Å². The zero-order valence-corrected chi connectivity index (χ0v) is 19.6. The third-order valence-corrected chi connectivity index (χ3v) is 6.02. The maximum absolute atomic E-state index is 13.6. The molecule has 33 heavy (non-hydrogen) atoms. The van der Waals surface area contributed by atoms with Crippen molar-refractivity contribution < 1.29 is 9.59 Å². The van der Waals surface area contributed by atoms with E-state index in [1.54, 1.807) is 0 Å². The Morgan fingerprint density at radius 3 is 2.30 bits per heavy atom. The number of unbranched alkanes of at least 4 members (excludes halogenated alkanes) is 2. The Labute approximate surface area is 196 Å². The van der Waals surface area contributed by atoms with Crippen LogP contribution in [0.5, 0.6) is 0 Å². The zero-order chi connectivity index (χ0) is 23.7. The van der Waals surface area contributed by atoms with Crippen LogP contribution in [0.15, 0.2) is 54.6 Å². The summed E-state index contributed by atoms with van der Waals surface area (Å²) in [4.78, 5) is 26.9. The van der Waals surface area contributed by atoms with Crippen LogP contribution in [0, 0.1) is 5.41 Å². The molecular formula is C26H35N5O2. The fourth-order valence-electron chi connectivity index (χ4n) is 4.05. The van der Waals surface area contributed by atoms with Gasteiger partial charge in [0, 0.05) is 13.1 Å². The van der Waals surface area contributed by atoms with E-state index in [0.717, 1.165) is 42.4 Å². The first kappa shape index (κ1) is 24.3. The molecule has 0 saturated carbocycles. The maximum Gasteiger partial charge on any atom is 0.315 e. The topological polar surface area (TPSA) is 97.3 Å². The molecule has 0 aromatic heterocycles. The van der Waals surface area contributed by atoms with Crippen molar-refractivity contribution in [2.75, 3.05) is 6.54 Å². The van der Waals surface area contributed by atoms with E-state index in [0.29, 0.717) is 26.1 Å². The number of urea groups is 1. The predicted molar refractivity (Wildman–Crippen MR) is 131 cm³/mol. The van der Waals surface area contributed by atoms with Crippen LogP contribution in [-0.4, -0.2) is 29.3 Å². The van der Waals surface area contributed by atoms with E-state index in [1.165, 1.54) is 4.90 Å². The smallest absolute Gasteiger partial charge is 0.315 e. The predicted octanol–water partition coefficient (Wildman–Crippen LogP) is 4.24. The first-order valence-electron chi connectivity index (χ1n) is 11.8. The molecule has 1 fully saturated rings. The van der Waals surface area contributed by atoms with Gasteiger partial charge in [0.15, 0.2) is 5.96 Å². The molecule has 2 aromatic rings. The molecule has 1 heterocycles. The number of hydrogen-bond acceptors (Lipinski definition) is 3. The summed E-state index contributed by atoms with van der Waals surface area (Å²) in [5, 5.41) is 17.4. The van der Waals surface area contributed by atoms with Crippen molar-refractivity contribution in [3.05, 3.63) is 71.3 Å². The summed E-state index contributed by atoms with van der Waals surface area (Å²) in [6, 6.07) is 17.3. The van der Waals surface area contributed by atoms with Gasteiger partial charge in [-0.2, -0.15) is 0 Å². The number of nitrogens with zero attached hydrogens (tertiary/aromatic N) is 1. The van der Waals surface area contributed by atoms with Crippen LogP contribution in [0.1, 0.15) is 62.6 Å². The lowest BCUT2D eigenvalue weighted by Crippen LogP contribution is -2.44. The Morgan fingerprint density at radius 1 is 0.970 bits per heavy atom. The number of hydrogen-bond donors (Lipinski definition) is 4. The Bertz CT molecular complexity index is 945. The Balaban J connectivity index is 1.65. The molecular weight excluding hydrogens is 414 g/mol. The molecule has 1 atom stereocenters. The van der Waals surface area contributed by atoms with Crippen LogP contribution in [0.4, 0.5) is 4.79 Å². The molecule has 4 N–H and O–H groups in total. The molecule has 1 aliphatic heterocycles. The van der Waals surface area contributed by atoms with Crippen LogP contribution >= 0.6 is 0 Å². The van der Waals surface area contributed by atoms with E-state index in [2.05, 4.69) is 29.8 Å². The minimum Gasteiger partial charge on any atom is -0.338 e. The monoisotopic (exact) mass is 449 g/mol. The average molecular weight is 450 g/mol. The van der Waals surface area contributed by atoms with Crippen LogP contribution in [0.3, 0.4) is 0 Å². The van der Waals surface area contributed by atoms with Gasteiger partial charge in [0.1, 0.15) is 5.54 Å². The Hall–Kier alpha value is -3.35. The molecule has 1 saturated heterocycles. The maximum atomic E-state index is 13.6. The van der Waals surface area contributed by atoms with Gasteiger partial charge >= 0.3 is 6.03 Å². The molecule has 3 rings (SSSR count). The van der Waals surface area contributed by atoms with Gasteiger partial charge in [0.25, 0.3) is 5.91 Å². The number of guanidine groups is 1. The molecule has 7 nitrogen and oxygen atoms in total. The van der Waals surface area contributed by atoms with Crippen molar-refractivity contribution in [2.45, 2.75) is 64.6 Å². The van der Waals surface area contributed by atoms with E-state index in [1.807, 2.05) is 54.6 Å². The quantitative estimate of drug-likeness (QED) is 0.386. The van der Waals surface area contributed by atoms with Crippen molar-refractivity contribution in [3.8, 4) is 0 Å². The van der Waals surface area contributed by atoms with Gasteiger partial charge in [-0.05, 0) is 29.5 Å². The van der Waals surface area contributed by atoms with E-state index >= 15 is 0 Å². The first-order valence-corrected chi connectivity index (χ1v) is 11.8. The van der Waals surface area contributed by atoms with Crippen LogP contribution in [0.25, 0.3) is 0 Å². The molecule has 0 aliphatic carbocycles. The van der Waals surface area contributed by atoms with Gasteiger partial charge in [-0.3, -0.25) is 15.1 Å². The normalized spacial score (nSPS) is 17.7. The van der Waals surface area contributed by atoms with Crippen LogP contribution in [0.2, 0.25) is 0 Å². The summed E-state index contributed by atoms with van der Waals surface area (Å²) in [5.41, 5.74) is 1.93. The Kier molecular flexibility index (Phi) is 8.46. The second-order valence-electron chi connectivity index (χ2n) is 8.52. The summed E-state index contributed by atoms with van der Waals surface area (Å²) in [6.07, 6.45) is 4.52. The SMILES string of the molecule is CCCCNC(=O)NCc1ccc(CN2C(=N)NC(CCCC)(c3ccccc3)C2=O)cc1. The molecule has 1 unspecified atom stereocenters. The van der Waals surface area contributed by atoms with E-state index in [4.69, 9.17) is 5.41 Å². The molecule has 0 bridgehead atoms. The molecule has 0 spiro atoms. The number of amides is 3. The van der Waals surface area contributed by atoms with Crippen molar-refractivity contribution in [1.82, 2.24) is 20.9 Å². The first-order chi connectivity index (χ1) is 16.0. The van der Waals surface area contributed by atoms with Crippen molar-refractivity contribution in [3.63, 3.8) is 0 Å². The summed E-state index contributed by atoms with van der Waals surface area (Å²) in [6.45, 7) is 5.63. The molecule has 176 valence electrons. The van der Waals surface area contributed by atoms with Crippen LogP contribution in [-0.2, 0) is 23.4 Å². The van der Waals surface area contributed by atoms with E-state index < -0.39 is 5.54 Å². The number of carbonyl (C=O) groups is 2. The fraction of sp³-hybridized carbons (Fsp3) is 0.423. The zero-order valence-electron chi connectivity index (χ0n) is 19.6. The van der Waals surface area contributed by atoms with Gasteiger partial charge in [-0.25, -0.2) is 4.79 Å². The van der Waals surface area contributed by atoms with Gasteiger partial charge in [-0.1, -0.05) is 87.7 Å². The second-order valence-corrected chi connectivity index (χ2v) is 8.52. The number of nitrogens with one attached hydrogen (secondary N) is 4. The summed E-state index contributed by atoms with van der Waals surface area (Å²) >= 11 is 0. The highest BCUT2D eigenvalue weighted by molar-refractivity contribution is 6.08. The van der Waals surface area contributed by atoms with E-state index in [-0.39, 0.29) is 17.9 Å². The van der Waals surface area contributed by atoms with Crippen molar-refractivity contribution in [1.29, 1.82) is 5.41 Å². The van der Waals surface area contributed by atoms with Crippen molar-refractivity contribution in [2.24, 2.45) is 0 Å². The fourth-order valence-corrected chi connectivity index (χ4v) is 4.05. The average Bonchev–Trinajstić information content (AvgIpc) is 3.08. The minimum absolute atomic E-state index is 0.0818. The third-order valence-electron chi connectivity index (χ3n) is 6.02. The van der Waals surface area contributed by atoms with E-state index in [9.17, 15) is 9.59 Å². The van der Waals surface area contributed by atoms with Gasteiger partial charge in [0.05, 0.1) is 6.54 Å². The summed E-state index contributed by atoms with van der Waals surface area (Å²) in [7, 11) is 0. The highest BCUT2D eigenvalue weighted by Crippen LogP contribution is 2.34. The number of rotatable bonds is 11. The largest absolute Gasteiger partial charge is 0.338 e. The van der Waals surface area contributed by atoms with Gasteiger partial charge < -0.3 is 16.0 Å². The molecule has 0 radical (unpaired) electrons. The highest BCUT2D eigenvalue weighted by atomic mass is 16.2. The van der Waals surface area contributed by atoms with Crippen molar-refractivity contribution >= 4 is 17.9 Å². The lowest BCUT2D eigenvalue weighted by Gasteiger charge is -2.27. The second kappa shape index (κ2) is 11.5. The standard InChI is InChI=1S/C26H35N5O2/c1-3-5-16-26(22-10-8-7-9-11-22)23(32)31(24(27)30-26)19-21-14-12-20(13-15-21)18-29-25(33)28-17-6-4-2/h7-15H,3-6,16-19H2,1-2H3,(H2,27,30)(H2,28,29,33). The molecule has 1 aliphatic rings. The molecule has 2 aromatic carbocycles. The lowest BCUT2D eigenvalue weighted by molar-refractivity contribution is -0.132. The highest BCUT2D eigenvalue weighted by Gasteiger charge is 2.50. The number of carbonyl (C=O) groups excluding carboxylic acids is 2. The lowest BCUT2D eigenvalue weighted by atomic mass is 9.85. The minimum atomic E-state index is -0.886. The molecule has 3 amide bonds. The molecule has 7 heteroatoms. The number of benzene rings is 2.